The van der Waals surface area contributed by atoms with Gasteiger partial charge in [0.1, 0.15) is 17.2 Å². The lowest BCUT2D eigenvalue weighted by Gasteiger charge is -2.38. The number of methoxy groups -OCH3 is 1. The van der Waals surface area contributed by atoms with Gasteiger partial charge in [-0.3, -0.25) is 0 Å². The number of hydrogen-bond acceptors (Lipinski definition) is 6. The third kappa shape index (κ3) is 3.06. The molecule has 29 heavy (non-hydrogen) atoms. The molecule has 2 aliphatic heterocycles. The Morgan fingerprint density at radius 2 is 2.03 bits per heavy atom. The second-order valence-electron chi connectivity index (χ2n) is 6.89. The Hall–Kier alpha value is -3.25. The van der Waals surface area contributed by atoms with E-state index >= 15 is 0 Å². The molecule has 6 nitrogen and oxygen atoms in total. The summed E-state index contributed by atoms with van der Waals surface area (Å²) in [5.74, 6) is 1.13. The molecule has 0 aliphatic carbocycles. The van der Waals surface area contributed by atoms with E-state index in [1.165, 1.54) is 7.11 Å². The molecular weight excluding hydrogens is 392 g/mol. The van der Waals surface area contributed by atoms with Crippen LogP contribution in [-0.2, 0) is 4.74 Å². The summed E-state index contributed by atoms with van der Waals surface area (Å²) in [6.45, 7) is 0. The van der Waals surface area contributed by atoms with Crippen LogP contribution in [0.3, 0.4) is 0 Å². The minimum Gasteiger partial charge on any atom is -0.465 e. The number of ether oxygens (including phenoxy) is 2. The van der Waals surface area contributed by atoms with Crippen molar-refractivity contribution in [3.63, 3.8) is 0 Å². The largest absolute Gasteiger partial charge is 0.465 e. The smallest absolute Gasteiger partial charge is 0.337 e. The van der Waals surface area contributed by atoms with Crippen LogP contribution in [0.5, 0.6) is 5.75 Å². The van der Waals surface area contributed by atoms with Crippen molar-refractivity contribution in [2.24, 2.45) is 5.10 Å². The molecule has 3 heterocycles. The lowest BCUT2D eigenvalue weighted by Crippen LogP contribution is -2.33. The van der Waals surface area contributed by atoms with Crippen LogP contribution in [0.2, 0.25) is 5.02 Å². The normalized spacial score (nSPS) is 19.8. The predicted molar refractivity (Wildman–Crippen MR) is 107 cm³/mol. The molecule has 1 aromatic heterocycles. The van der Waals surface area contributed by atoms with Crippen molar-refractivity contribution < 1.29 is 18.7 Å². The third-order valence-corrected chi connectivity index (χ3v) is 5.41. The zero-order valence-electron chi connectivity index (χ0n) is 15.5. The SMILES string of the molecule is COC(=O)c1ccc(C2Oc3ccc(Cl)cc3C3CC(c4ccco4)=NN32)cc1. The Labute approximate surface area is 172 Å². The Morgan fingerprint density at radius 3 is 2.76 bits per heavy atom. The number of carbonyl (C=O) groups excluding carboxylic acids is 1. The zero-order valence-corrected chi connectivity index (χ0v) is 16.3. The fourth-order valence-electron chi connectivity index (χ4n) is 3.77. The Kier molecular flexibility index (Phi) is 4.28. The van der Waals surface area contributed by atoms with Gasteiger partial charge in [-0.15, -0.1) is 0 Å². The van der Waals surface area contributed by atoms with Crippen LogP contribution in [0.4, 0.5) is 0 Å². The van der Waals surface area contributed by atoms with Crippen LogP contribution in [0.15, 0.2) is 70.4 Å². The molecule has 0 fully saturated rings. The van der Waals surface area contributed by atoms with Gasteiger partial charge < -0.3 is 13.9 Å². The van der Waals surface area contributed by atoms with Gasteiger partial charge >= 0.3 is 5.97 Å². The summed E-state index contributed by atoms with van der Waals surface area (Å²) in [7, 11) is 1.36. The summed E-state index contributed by atoms with van der Waals surface area (Å²) in [4.78, 5) is 11.7. The fraction of sp³-hybridized carbons (Fsp3) is 0.182. The molecule has 146 valence electrons. The van der Waals surface area contributed by atoms with Crippen molar-refractivity contribution in [2.45, 2.75) is 18.7 Å². The van der Waals surface area contributed by atoms with Crippen LogP contribution in [0.1, 0.15) is 45.9 Å². The quantitative estimate of drug-likeness (QED) is 0.573. The van der Waals surface area contributed by atoms with Gasteiger partial charge in [0.25, 0.3) is 0 Å². The molecule has 0 saturated heterocycles. The lowest BCUT2D eigenvalue weighted by atomic mass is 9.97. The van der Waals surface area contributed by atoms with E-state index in [2.05, 4.69) is 0 Å². The van der Waals surface area contributed by atoms with Crippen LogP contribution in [0.25, 0.3) is 0 Å². The maximum atomic E-state index is 11.7. The highest BCUT2D eigenvalue weighted by Gasteiger charge is 2.41. The molecule has 0 amide bonds. The number of rotatable bonds is 3. The number of nitrogens with zero attached hydrogens (tertiary/aromatic N) is 2. The molecule has 2 atom stereocenters. The fourth-order valence-corrected chi connectivity index (χ4v) is 3.95. The first-order valence-corrected chi connectivity index (χ1v) is 9.56. The van der Waals surface area contributed by atoms with Gasteiger partial charge in [-0.1, -0.05) is 23.7 Å². The summed E-state index contributed by atoms with van der Waals surface area (Å²) < 4.78 is 16.6. The molecule has 2 aromatic carbocycles. The van der Waals surface area contributed by atoms with E-state index in [0.29, 0.717) is 17.0 Å². The number of esters is 1. The molecule has 2 aliphatic rings. The number of hydrazone groups is 1. The number of hydrogen-bond donors (Lipinski definition) is 0. The van der Waals surface area contributed by atoms with Crippen LogP contribution in [0, 0.1) is 0 Å². The molecule has 5 rings (SSSR count). The van der Waals surface area contributed by atoms with E-state index in [-0.39, 0.29) is 12.0 Å². The van der Waals surface area contributed by atoms with Gasteiger partial charge in [-0.2, -0.15) is 5.10 Å². The second kappa shape index (κ2) is 6.97. The van der Waals surface area contributed by atoms with Gasteiger partial charge in [0, 0.05) is 22.6 Å². The van der Waals surface area contributed by atoms with E-state index < -0.39 is 6.23 Å². The summed E-state index contributed by atoms with van der Waals surface area (Å²) in [6, 6.07) is 16.5. The molecule has 0 N–H and O–H groups in total. The van der Waals surface area contributed by atoms with E-state index in [1.807, 2.05) is 47.5 Å². The minimum atomic E-state index is -0.437. The van der Waals surface area contributed by atoms with Gasteiger partial charge in [0.2, 0.25) is 6.23 Å². The molecule has 7 heteroatoms. The van der Waals surface area contributed by atoms with Crippen molar-refractivity contribution in [1.29, 1.82) is 0 Å². The number of fused-ring (bicyclic) bond motifs is 3. The van der Waals surface area contributed by atoms with E-state index in [0.717, 1.165) is 28.3 Å². The topological polar surface area (TPSA) is 64.3 Å². The average Bonchev–Trinajstić information content (AvgIpc) is 3.43. The molecule has 0 radical (unpaired) electrons. The molecular formula is C22H17ClN2O4. The Bertz CT molecular complexity index is 1090. The molecule has 3 aromatic rings. The maximum absolute atomic E-state index is 11.7. The van der Waals surface area contributed by atoms with Crippen molar-refractivity contribution in [3.8, 4) is 5.75 Å². The van der Waals surface area contributed by atoms with Crippen molar-refractivity contribution in [1.82, 2.24) is 5.01 Å². The molecule has 0 saturated carbocycles. The second-order valence-corrected chi connectivity index (χ2v) is 7.33. The number of carbonyl (C=O) groups is 1. The van der Waals surface area contributed by atoms with Crippen LogP contribution >= 0.6 is 11.6 Å². The standard InChI is InChI=1S/C22H17ClN2O4/c1-27-22(26)14-6-4-13(5-7-14)21-25-18(12-17(24-25)20-3-2-10-28-20)16-11-15(23)8-9-19(16)29-21/h2-11,18,21H,12H2,1H3. The van der Waals surface area contributed by atoms with E-state index in [4.69, 9.17) is 30.6 Å². The average molecular weight is 409 g/mol. The highest BCUT2D eigenvalue weighted by atomic mass is 35.5. The first-order chi connectivity index (χ1) is 14.1. The van der Waals surface area contributed by atoms with Crippen LogP contribution < -0.4 is 4.74 Å². The van der Waals surface area contributed by atoms with Crippen molar-refractivity contribution in [3.05, 3.63) is 88.3 Å². The lowest BCUT2D eigenvalue weighted by molar-refractivity contribution is -0.0190. The zero-order chi connectivity index (χ0) is 20.0. The first kappa shape index (κ1) is 17.8. The number of halogens is 1. The monoisotopic (exact) mass is 408 g/mol. The van der Waals surface area contributed by atoms with Crippen LogP contribution in [-0.4, -0.2) is 23.8 Å². The third-order valence-electron chi connectivity index (χ3n) is 5.17. The molecule has 0 spiro atoms. The number of benzene rings is 2. The van der Waals surface area contributed by atoms with Crippen molar-refractivity contribution >= 4 is 23.3 Å². The van der Waals surface area contributed by atoms with Gasteiger partial charge in [-0.25, -0.2) is 9.80 Å². The molecule has 2 unspecified atom stereocenters. The van der Waals surface area contributed by atoms with E-state index in [9.17, 15) is 4.79 Å². The highest BCUT2D eigenvalue weighted by molar-refractivity contribution is 6.30. The minimum absolute atomic E-state index is 0.0252. The van der Waals surface area contributed by atoms with Gasteiger partial charge in [-0.05, 0) is 42.5 Å². The maximum Gasteiger partial charge on any atom is 0.337 e. The summed E-state index contributed by atoms with van der Waals surface area (Å²) >= 11 is 6.24. The summed E-state index contributed by atoms with van der Waals surface area (Å²) in [6.07, 6.45) is 1.88. The van der Waals surface area contributed by atoms with Gasteiger partial charge in [0.15, 0.2) is 0 Å². The predicted octanol–water partition coefficient (Wildman–Crippen LogP) is 4.96. The summed E-state index contributed by atoms with van der Waals surface area (Å²) in [5, 5.41) is 7.40. The number of furan rings is 1. The molecule has 0 bridgehead atoms. The first-order valence-electron chi connectivity index (χ1n) is 9.18. The van der Waals surface area contributed by atoms with E-state index in [1.54, 1.807) is 18.4 Å². The Balaban J connectivity index is 1.56. The van der Waals surface area contributed by atoms with Crippen molar-refractivity contribution in [2.75, 3.05) is 7.11 Å². The van der Waals surface area contributed by atoms with Gasteiger partial charge in [0.05, 0.1) is 25.0 Å². The summed E-state index contributed by atoms with van der Waals surface area (Å²) in [5.41, 5.74) is 3.21. The Morgan fingerprint density at radius 1 is 1.21 bits per heavy atom. The highest BCUT2D eigenvalue weighted by Crippen LogP contribution is 2.48.